The first-order chi connectivity index (χ1) is 12.4. The first-order valence-corrected chi connectivity index (χ1v) is 9.00. The van der Waals surface area contributed by atoms with Crippen LogP contribution in [0.3, 0.4) is 0 Å². The largest absolute Gasteiger partial charge is 0.444 e. The van der Waals surface area contributed by atoms with Crippen molar-refractivity contribution in [1.29, 1.82) is 0 Å². The number of aromatic amines is 1. The number of hydrogen-bond acceptors (Lipinski definition) is 4. The second-order valence-electron chi connectivity index (χ2n) is 7.71. The van der Waals surface area contributed by atoms with Crippen LogP contribution < -0.4 is 4.90 Å². The van der Waals surface area contributed by atoms with Gasteiger partial charge in [-0.15, -0.1) is 0 Å². The number of ether oxygens (including phenoxy) is 1. The van der Waals surface area contributed by atoms with Crippen LogP contribution in [0.1, 0.15) is 20.8 Å². The number of H-pyrrole nitrogens is 1. The Kier molecular flexibility index (Phi) is 3.98. The van der Waals surface area contributed by atoms with Crippen molar-refractivity contribution in [1.82, 2.24) is 14.9 Å². The van der Waals surface area contributed by atoms with Gasteiger partial charge in [-0.1, -0.05) is 0 Å². The molecule has 0 radical (unpaired) electrons. The molecule has 2 aromatic heterocycles. The summed E-state index contributed by atoms with van der Waals surface area (Å²) in [5.41, 5.74) is 2.72. The van der Waals surface area contributed by atoms with Crippen molar-refractivity contribution in [3.63, 3.8) is 0 Å². The number of aromatic nitrogens is 2. The summed E-state index contributed by atoms with van der Waals surface area (Å²) in [7, 11) is 0. The van der Waals surface area contributed by atoms with Gasteiger partial charge in [0.05, 0.1) is 0 Å². The maximum atomic E-state index is 12.2. The lowest BCUT2D eigenvalue weighted by Gasteiger charge is -2.36. The number of hydrogen-bond donors (Lipinski definition) is 1. The Morgan fingerprint density at radius 2 is 1.88 bits per heavy atom. The molecule has 136 valence electrons. The molecule has 0 aliphatic carbocycles. The topological polar surface area (TPSA) is 61.5 Å². The average Bonchev–Trinajstić information content (AvgIpc) is 2.98. The van der Waals surface area contributed by atoms with Crippen molar-refractivity contribution in [3.05, 3.63) is 36.5 Å². The number of piperazine rings is 1. The van der Waals surface area contributed by atoms with E-state index in [0.29, 0.717) is 13.1 Å². The molecule has 1 aliphatic rings. The van der Waals surface area contributed by atoms with Crippen LogP contribution in [0.25, 0.3) is 21.9 Å². The number of nitrogens with one attached hydrogen (secondary N) is 1. The minimum Gasteiger partial charge on any atom is -0.444 e. The smallest absolute Gasteiger partial charge is 0.410 e. The highest BCUT2D eigenvalue weighted by Crippen LogP contribution is 2.28. The Balaban J connectivity index is 1.51. The summed E-state index contributed by atoms with van der Waals surface area (Å²) < 4.78 is 5.47. The number of amides is 1. The van der Waals surface area contributed by atoms with Crippen molar-refractivity contribution in [2.24, 2.45) is 0 Å². The molecule has 0 atom stereocenters. The fraction of sp³-hybridized carbons (Fsp3) is 0.400. The van der Waals surface area contributed by atoms with Crippen molar-refractivity contribution >= 4 is 33.7 Å². The van der Waals surface area contributed by atoms with E-state index in [1.54, 1.807) is 11.1 Å². The molecule has 1 saturated heterocycles. The zero-order valence-electron chi connectivity index (χ0n) is 15.5. The molecule has 3 heterocycles. The van der Waals surface area contributed by atoms with Crippen LogP contribution in [-0.4, -0.2) is 52.7 Å². The summed E-state index contributed by atoms with van der Waals surface area (Å²) in [6, 6.07) is 10.5. The van der Waals surface area contributed by atoms with Crippen molar-refractivity contribution in [3.8, 4) is 0 Å². The predicted molar refractivity (Wildman–Crippen MR) is 104 cm³/mol. The number of nitrogens with zero attached hydrogens (tertiary/aromatic N) is 3. The molecular weight excluding hydrogens is 328 g/mol. The normalized spacial score (nSPS) is 15.7. The maximum absolute atomic E-state index is 12.2. The number of carbonyl (C=O) groups excluding carboxylic acids is 1. The third-order valence-corrected chi connectivity index (χ3v) is 4.65. The molecular formula is C20H24N4O2. The SMILES string of the molecule is CC(C)(C)OC(=O)N1CCN(c2ccc3[nH]c4ncccc4c3c2)CC1. The lowest BCUT2D eigenvalue weighted by Crippen LogP contribution is -2.50. The zero-order chi connectivity index (χ0) is 18.3. The molecule has 4 rings (SSSR count). The maximum Gasteiger partial charge on any atom is 0.410 e. The van der Waals surface area contributed by atoms with Gasteiger partial charge in [0.15, 0.2) is 0 Å². The lowest BCUT2D eigenvalue weighted by molar-refractivity contribution is 0.0240. The second kappa shape index (κ2) is 6.20. The molecule has 26 heavy (non-hydrogen) atoms. The van der Waals surface area contributed by atoms with Gasteiger partial charge in [-0.05, 0) is 51.1 Å². The first-order valence-electron chi connectivity index (χ1n) is 9.00. The minimum absolute atomic E-state index is 0.227. The molecule has 1 amide bonds. The third kappa shape index (κ3) is 3.19. The van der Waals surface area contributed by atoms with Gasteiger partial charge in [0, 0.05) is 54.4 Å². The van der Waals surface area contributed by atoms with E-state index in [4.69, 9.17) is 4.74 Å². The van der Waals surface area contributed by atoms with E-state index in [-0.39, 0.29) is 6.09 Å². The van der Waals surface area contributed by atoms with E-state index in [0.717, 1.165) is 29.6 Å². The number of pyridine rings is 1. The number of fused-ring (bicyclic) bond motifs is 3. The standard InChI is InChI=1S/C20H24N4O2/c1-20(2,3)26-19(25)24-11-9-23(10-12-24)14-6-7-17-16(13-14)15-5-4-8-21-18(15)22-17/h4-8,13H,9-12H2,1-3H3,(H,21,22). The number of rotatable bonds is 1. The van der Waals surface area contributed by atoms with Gasteiger partial charge in [0.1, 0.15) is 11.2 Å². The highest BCUT2D eigenvalue weighted by atomic mass is 16.6. The number of carbonyl (C=O) groups is 1. The summed E-state index contributed by atoms with van der Waals surface area (Å²) in [6.07, 6.45) is 1.57. The average molecular weight is 352 g/mol. The highest BCUT2D eigenvalue weighted by Gasteiger charge is 2.26. The molecule has 0 unspecified atom stereocenters. The van der Waals surface area contributed by atoms with E-state index < -0.39 is 5.60 Å². The molecule has 1 aromatic carbocycles. The summed E-state index contributed by atoms with van der Waals surface area (Å²) >= 11 is 0. The van der Waals surface area contributed by atoms with Crippen molar-refractivity contribution in [2.75, 3.05) is 31.1 Å². The Morgan fingerprint density at radius 1 is 1.12 bits per heavy atom. The van der Waals surface area contributed by atoms with E-state index >= 15 is 0 Å². The van der Waals surface area contributed by atoms with Crippen LogP contribution >= 0.6 is 0 Å². The Morgan fingerprint density at radius 3 is 2.62 bits per heavy atom. The number of anilines is 1. The molecule has 6 nitrogen and oxygen atoms in total. The first kappa shape index (κ1) is 16.7. The van der Waals surface area contributed by atoms with Gasteiger partial charge >= 0.3 is 6.09 Å². The highest BCUT2D eigenvalue weighted by molar-refractivity contribution is 6.06. The van der Waals surface area contributed by atoms with Gasteiger partial charge in [-0.2, -0.15) is 0 Å². The molecule has 0 spiro atoms. The number of benzene rings is 1. The Labute approximate surface area is 152 Å². The van der Waals surface area contributed by atoms with Crippen LogP contribution in [0.4, 0.5) is 10.5 Å². The zero-order valence-corrected chi connectivity index (χ0v) is 15.5. The molecule has 1 N–H and O–H groups in total. The lowest BCUT2D eigenvalue weighted by atomic mass is 10.1. The summed E-state index contributed by atoms with van der Waals surface area (Å²) in [4.78, 5) is 24.1. The fourth-order valence-electron chi connectivity index (χ4n) is 3.38. The van der Waals surface area contributed by atoms with Gasteiger partial charge in [-0.3, -0.25) is 0 Å². The molecule has 0 saturated carbocycles. The summed E-state index contributed by atoms with van der Waals surface area (Å²) in [6.45, 7) is 8.62. The van der Waals surface area contributed by atoms with Crippen LogP contribution in [0.5, 0.6) is 0 Å². The Bertz CT molecular complexity index is 949. The van der Waals surface area contributed by atoms with E-state index in [1.807, 2.05) is 26.8 Å². The van der Waals surface area contributed by atoms with Crippen LogP contribution in [0, 0.1) is 0 Å². The second-order valence-corrected chi connectivity index (χ2v) is 7.71. The van der Waals surface area contributed by atoms with Crippen LogP contribution in [0.2, 0.25) is 0 Å². The fourth-order valence-corrected chi connectivity index (χ4v) is 3.38. The van der Waals surface area contributed by atoms with Crippen LogP contribution in [0.15, 0.2) is 36.5 Å². The Hall–Kier alpha value is -2.76. The van der Waals surface area contributed by atoms with E-state index in [9.17, 15) is 4.79 Å². The third-order valence-electron chi connectivity index (χ3n) is 4.65. The quantitative estimate of drug-likeness (QED) is 0.724. The van der Waals surface area contributed by atoms with Crippen molar-refractivity contribution < 1.29 is 9.53 Å². The molecule has 0 bridgehead atoms. The van der Waals surface area contributed by atoms with E-state index in [1.165, 1.54) is 11.1 Å². The molecule has 3 aromatic rings. The summed E-state index contributed by atoms with van der Waals surface area (Å²) in [5.74, 6) is 0. The van der Waals surface area contributed by atoms with Gasteiger partial charge in [-0.25, -0.2) is 9.78 Å². The van der Waals surface area contributed by atoms with Crippen molar-refractivity contribution in [2.45, 2.75) is 26.4 Å². The minimum atomic E-state index is -0.456. The van der Waals surface area contributed by atoms with E-state index in [2.05, 4.69) is 39.1 Å². The molecule has 1 aliphatic heterocycles. The molecule has 1 fully saturated rings. The van der Waals surface area contributed by atoms with Gasteiger partial charge in [0.25, 0.3) is 0 Å². The van der Waals surface area contributed by atoms with Gasteiger partial charge < -0.3 is 19.5 Å². The predicted octanol–water partition coefficient (Wildman–Crippen LogP) is 3.77. The molecule has 6 heteroatoms. The van der Waals surface area contributed by atoms with Gasteiger partial charge in [0.2, 0.25) is 0 Å². The van der Waals surface area contributed by atoms with Crippen LogP contribution in [-0.2, 0) is 4.74 Å². The monoisotopic (exact) mass is 352 g/mol. The summed E-state index contributed by atoms with van der Waals surface area (Å²) in [5, 5.41) is 2.32.